The van der Waals surface area contributed by atoms with Gasteiger partial charge in [-0.25, -0.2) is 8.78 Å². The van der Waals surface area contributed by atoms with Crippen molar-refractivity contribution in [3.05, 3.63) is 0 Å². The Bertz CT molecular complexity index is 396. The number of rotatable bonds is 6. The minimum atomic E-state index is -2.84. The largest absolute Gasteiger partial charge is 0.350 e. The van der Waals surface area contributed by atoms with Gasteiger partial charge in [-0.1, -0.05) is 20.8 Å². The predicted molar refractivity (Wildman–Crippen MR) is 103 cm³/mol. The molecule has 1 unspecified atom stereocenters. The molecule has 2 rings (SSSR count). The predicted octanol–water partition coefficient (Wildman–Crippen LogP) is 2.13. The SMILES string of the molecule is CC(C)C.CC(C)N1CCN(CCN2CCC(NC=O)C(F)(F)C2)CC1. The Morgan fingerprint density at radius 3 is 2.00 bits per heavy atom. The maximum atomic E-state index is 13.9. The molecule has 5 nitrogen and oxygen atoms in total. The number of nitrogens with one attached hydrogen (secondary N) is 1. The number of nitrogens with zero attached hydrogens (tertiary/aromatic N) is 3. The molecule has 0 aromatic rings. The van der Waals surface area contributed by atoms with Crippen LogP contribution < -0.4 is 5.32 Å². The van der Waals surface area contributed by atoms with Crippen LogP contribution in [-0.2, 0) is 4.79 Å². The van der Waals surface area contributed by atoms with Gasteiger partial charge in [0.05, 0.1) is 12.6 Å². The third-order valence-corrected chi connectivity index (χ3v) is 4.82. The van der Waals surface area contributed by atoms with Gasteiger partial charge in [0.15, 0.2) is 0 Å². The Morgan fingerprint density at radius 2 is 1.54 bits per heavy atom. The second-order valence-electron chi connectivity index (χ2n) is 8.37. The monoisotopic (exact) mass is 376 g/mol. The van der Waals surface area contributed by atoms with E-state index < -0.39 is 12.0 Å². The van der Waals surface area contributed by atoms with Crippen molar-refractivity contribution in [3.8, 4) is 0 Å². The highest BCUT2D eigenvalue weighted by Crippen LogP contribution is 2.27. The third kappa shape index (κ3) is 8.27. The molecule has 0 bridgehead atoms. The summed E-state index contributed by atoms with van der Waals surface area (Å²) in [5, 5.41) is 2.24. The fraction of sp³-hybridized carbons (Fsp3) is 0.947. The van der Waals surface area contributed by atoms with Crippen molar-refractivity contribution >= 4 is 6.41 Å². The highest BCUT2D eigenvalue weighted by molar-refractivity contribution is 5.47. The van der Waals surface area contributed by atoms with Crippen molar-refractivity contribution in [3.63, 3.8) is 0 Å². The average Bonchev–Trinajstić information content (AvgIpc) is 2.55. The number of amides is 1. The first-order valence-corrected chi connectivity index (χ1v) is 9.92. The summed E-state index contributed by atoms with van der Waals surface area (Å²) >= 11 is 0. The third-order valence-electron chi connectivity index (χ3n) is 4.82. The molecule has 0 aromatic carbocycles. The summed E-state index contributed by atoms with van der Waals surface area (Å²) in [7, 11) is 0. The highest BCUT2D eigenvalue weighted by Gasteiger charge is 2.44. The molecule has 1 atom stereocenters. The summed E-state index contributed by atoms with van der Waals surface area (Å²) in [5.74, 6) is -2.00. The van der Waals surface area contributed by atoms with Gasteiger partial charge in [-0.2, -0.15) is 0 Å². The Kier molecular flexibility index (Phi) is 9.97. The fourth-order valence-electron chi connectivity index (χ4n) is 3.27. The summed E-state index contributed by atoms with van der Waals surface area (Å²) in [6, 6.07) is -0.443. The number of halogens is 2. The fourth-order valence-corrected chi connectivity index (χ4v) is 3.27. The van der Waals surface area contributed by atoms with Crippen molar-refractivity contribution in [2.24, 2.45) is 5.92 Å². The van der Waals surface area contributed by atoms with E-state index in [1.54, 1.807) is 0 Å². The normalized spacial score (nSPS) is 25.0. The van der Waals surface area contributed by atoms with Crippen molar-refractivity contribution in [1.29, 1.82) is 0 Å². The van der Waals surface area contributed by atoms with Crippen LogP contribution in [0.4, 0.5) is 8.78 Å². The molecule has 2 aliphatic rings. The molecule has 2 heterocycles. The van der Waals surface area contributed by atoms with E-state index in [1.165, 1.54) is 0 Å². The van der Waals surface area contributed by atoms with Crippen LogP contribution in [0, 0.1) is 5.92 Å². The summed E-state index contributed by atoms with van der Waals surface area (Å²) in [4.78, 5) is 17.0. The number of likely N-dealkylation sites (tertiary alicyclic amines) is 1. The lowest BCUT2D eigenvalue weighted by molar-refractivity contribution is -0.120. The van der Waals surface area contributed by atoms with Gasteiger partial charge >= 0.3 is 0 Å². The maximum Gasteiger partial charge on any atom is 0.280 e. The van der Waals surface area contributed by atoms with E-state index in [2.05, 4.69) is 49.7 Å². The molecule has 2 saturated heterocycles. The van der Waals surface area contributed by atoms with Crippen LogP contribution in [0.1, 0.15) is 41.0 Å². The number of hydrogen-bond acceptors (Lipinski definition) is 4. The molecular weight excluding hydrogens is 338 g/mol. The summed E-state index contributed by atoms with van der Waals surface area (Å²) in [6.45, 7) is 16.9. The Labute approximate surface area is 158 Å². The molecule has 26 heavy (non-hydrogen) atoms. The molecule has 1 N–H and O–H groups in total. The molecule has 0 aliphatic carbocycles. The summed E-state index contributed by atoms with van der Waals surface area (Å²) in [5.41, 5.74) is 0. The number of carbonyl (C=O) groups excluding carboxylic acids is 1. The van der Waals surface area contributed by atoms with Crippen LogP contribution in [-0.4, -0.2) is 91.5 Å². The Morgan fingerprint density at radius 1 is 1.00 bits per heavy atom. The van der Waals surface area contributed by atoms with Crippen LogP contribution in [0.5, 0.6) is 0 Å². The first kappa shape index (κ1) is 23.2. The molecule has 0 spiro atoms. The van der Waals surface area contributed by atoms with Gasteiger partial charge in [-0.3, -0.25) is 19.5 Å². The van der Waals surface area contributed by atoms with Crippen LogP contribution >= 0.6 is 0 Å². The number of piperidine rings is 1. The molecule has 0 radical (unpaired) electrons. The van der Waals surface area contributed by atoms with Gasteiger partial charge in [0, 0.05) is 51.9 Å². The van der Waals surface area contributed by atoms with Gasteiger partial charge in [-0.05, 0) is 26.2 Å². The Balaban J connectivity index is 0.000000765. The number of carbonyl (C=O) groups is 1. The van der Waals surface area contributed by atoms with Crippen molar-refractivity contribution < 1.29 is 13.6 Å². The quantitative estimate of drug-likeness (QED) is 0.721. The van der Waals surface area contributed by atoms with E-state index in [0.717, 1.165) is 38.6 Å². The van der Waals surface area contributed by atoms with Crippen LogP contribution in [0.2, 0.25) is 0 Å². The number of hydrogen-bond donors (Lipinski definition) is 1. The lowest BCUT2D eigenvalue weighted by Crippen LogP contribution is -2.58. The zero-order valence-electron chi connectivity index (χ0n) is 17.2. The lowest BCUT2D eigenvalue weighted by atomic mass is 10.0. The smallest absolute Gasteiger partial charge is 0.280 e. The van der Waals surface area contributed by atoms with E-state index in [0.29, 0.717) is 32.0 Å². The Hall–Kier alpha value is -0.790. The topological polar surface area (TPSA) is 38.8 Å². The minimum absolute atomic E-state index is 0.259. The average molecular weight is 377 g/mol. The molecule has 7 heteroatoms. The molecule has 0 saturated carbocycles. The zero-order chi connectivity index (χ0) is 19.7. The van der Waals surface area contributed by atoms with E-state index in [1.807, 2.05) is 4.90 Å². The van der Waals surface area contributed by atoms with Crippen LogP contribution in [0.25, 0.3) is 0 Å². The molecular formula is C19H38F2N4O. The summed E-state index contributed by atoms with van der Waals surface area (Å²) < 4.78 is 27.9. The van der Waals surface area contributed by atoms with E-state index >= 15 is 0 Å². The lowest BCUT2D eigenvalue weighted by Gasteiger charge is -2.40. The van der Waals surface area contributed by atoms with Crippen molar-refractivity contribution in [1.82, 2.24) is 20.0 Å². The van der Waals surface area contributed by atoms with Gasteiger partial charge in [0.25, 0.3) is 5.92 Å². The van der Waals surface area contributed by atoms with Gasteiger partial charge < -0.3 is 5.32 Å². The van der Waals surface area contributed by atoms with Gasteiger partial charge in [-0.15, -0.1) is 0 Å². The van der Waals surface area contributed by atoms with Crippen LogP contribution in [0.15, 0.2) is 0 Å². The maximum absolute atomic E-state index is 13.9. The van der Waals surface area contributed by atoms with E-state index in [4.69, 9.17) is 0 Å². The first-order chi connectivity index (χ1) is 12.2. The molecule has 2 aliphatic heterocycles. The van der Waals surface area contributed by atoms with Gasteiger partial charge in [0.1, 0.15) is 0 Å². The molecule has 1 amide bonds. The number of alkyl halides is 2. The molecule has 0 aromatic heterocycles. The van der Waals surface area contributed by atoms with E-state index in [-0.39, 0.29) is 6.54 Å². The highest BCUT2D eigenvalue weighted by atomic mass is 19.3. The van der Waals surface area contributed by atoms with E-state index in [9.17, 15) is 13.6 Å². The second-order valence-corrected chi connectivity index (χ2v) is 8.37. The zero-order valence-corrected chi connectivity index (χ0v) is 17.2. The number of piperazine rings is 1. The van der Waals surface area contributed by atoms with Crippen molar-refractivity contribution in [2.45, 2.75) is 59.0 Å². The first-order valence-electron chi connectivity index (χ1n) is 9.92. The summed E-state index contributed by atoms with van der Waals surface area (Å²) in [6.07, 6.45) is 0.690. The van der Waals surface area contributed by atoms with Gasteiger partial charge in [0.2, 0.25) is 6.41 Å². The molecule has 2 fully saturated rings. The van der Waals surface area contributed by atoms with Crippen LogP contribution in [0.3, 0.4) is 0 Å². The standard InChI is InChI=1S/C15H28F2N4O.C4H10/c1-13(2)21-9-7-19(8-10-21)5-6-20-4-3-14(18-12-22)15(16,17)11-20;1-4(2)3/h12-14H,3-11H2,1-2H3,(H,18,22);4H,1-3H3. The van der Waals surface area contributed by atoms with Crippen molar-refractivity contribution in [2.75, 3.05) is 52.4 Å². The second kappa shape index (κ2) is 11.1. The molecule has 154 valence electrons. The minimum Gasteiger partial charge on any atom is -0.350 e.